The molecule has 162 valence electrons. The number of hydrogen-bond acceptors (Lipinski definition) is 1. The Balaban J connectivity index is 1.42. The molecule has 1 aliphatic heterocycles. The lowest BCUT2D eigenvalue weighted by atomic mass is 9.97. The van der Waals surface area contributed by atoms with E-state index in [9.17, 15) is 0 Å². The van der Waals surface area contributed by atoms with Gasteiger partial charge in [0, 0.05) is 27.8 Å². The van der Waals surface area contributed by atoms with Gasteiger partial charge >= 0.3 is 0 Å². The molecule has 7 rings (SSSR count). The van der Waals surface area contributed by atoms with Gasteiger partial charge in [0.1, 0.15) is 0 Å². The van der Waals surface area contributed by atoms with Crippen molar-refractivity contribution in [2.75, 3.05) is 4.90 Å². The summed E-state index contributed by atoms with van der Waals surface area (Å²) in [4.78, 5) is 6.01. The molecule has 0 saturated carbocycles. The van der Waals surface area contributed by atoms with Gasteiger partial charge < -0.3 is 9.88 Å². The van der Waals surface area contributed by atoms with Crippen LogP contribution in [-0.4, -0.2) is 4.98 Å². The molecule has 2 aliphatic rings. The SMILES string of the molecule is C1=Cc2c([nH]c3ccc(-c4ccc5c(c4)N(c4ccccc4)c4ccccc4C=C5)cc23)CC1. The first-order valence-corrected chi connectivity index (χ1v) is 11.9. The molecule has 5 aromatic rings. The van der Waals surface area contributed by atoms with Crippen molar-refractivity contribution in [3.63, 3.8) is 0 Å². The molecule has 2 nitrogen and oxygen atoms in total. The number of aromatic amines is 1. The van der Waals surface area contributed by atoms with Crippen LogP contribution in [0.2, 0.25) is 0 Å². The molecule has 0 radical (unpaired) electrons. The second-order valence-electron chi connectivity index (χ2n) is 9.06. The highest BCUT2D eigenvalue weighted by Gasteiger charge is 2.20. The van der Waals surface area contributed by atoms with Gasteiger partial charge in [0.25, 0.3) is 0 Å². The largest absolute Gasteiger partial charge is 0.358 e. The fraction of sp³-hybridized carbons (Fsp3) is 0.0625. The Morgan fingerprint density at radius 3 is 2.32 bits per heavy atom. The van der Waals surface area contributed by atoms with E-state index in [2.05, 4.69) is 125 Å². The molecule has 0 bridgehead atoms. The first-order valence-electron chi connectivity index (χ1n) is 11.9. The van der Waals surface area contributed by atoms with E-state index < -0.39 is 0 Å². The van der Waals surface area contributed by atoms with E-state index in [1.54, 1.807) is 0 Å². The quantitative estimate of drug-likeness (QED) is 0.287. The van der Waals surface area contributed by atoms with Gasteiger partial charge in [-0.15, -0.1) is 0 Å². The highest BCUT2D eigenvalue weighted by atomic mass is 15.1. The molecule has 0 spiro atoms. The molecule has 1 aliphatic carbocycles. The highest BCUT2D eigenvalue weighted by molar-refractivity contribution is 5.97. The van der Waals surface area contributed by atoms with Gasteiger partial charge in [-0.05, 0) is 71.5 Å². The van der Waals surface area contributed by atoms with Gasteiger partial charge in [0.15, 0.2) is 0 Å². The number of nitrogens with one attached hydrogen (secondary N) is 1. The second-order valence-corrected chi connectivity index (χ2v) is 9.06. The Kier molecular flexibility index (Phi) is 4.31. The molecule has 0 atom stereocenters. The fourth-order valence-electron chi connectivity index (χ4n) is 5.32. The lowest BCUT2D eigenvalue weighted by Gasteiger charge is -2.27. The molecule has 4 aromatic carbocycles. The van der Waals surface area contributed by atoms with Gasteiger partial charge in [0.05, 0.1) is 11.4 Å². The van der Waals surface area contributed by atoms with Crippen molar-refractivity contribution in [3.05, 3.63) is 119 Å². The molecule has 2 heterocycles. The summed E-state index contributed by atoms with van der Waals surface area (Å²) in [5.41, 5.74) is 12.4. The number of aromatic nitrogens is 1. The van der Waals surface area contributed by atoms with Crippen molar-refractivity contribution in [1.29, 1.82) is 0 Å². The lowest BCUT2D eigenvalue weighted by molar-refractivity contribution is 0.951. The van der Waals surface area contributed by atoms with Gasteiger partial charge in [-0.3, -0.25) is 0 Å². The summed E-state index contributed by atoms with van der Waals surface area (Å²) >= 11 is 0. The average Bonchev–Trinajstić information content (AvgIpc) is 3.18. The summed E-state index contributed by atoms with van der Waals surface area (Å²) < 4.78 is 0. The van der Waals surface area contributed by atoms with Crippen LogP contribution in [0.3, 0.4) is 0 Å². The minimum Gasteiger partial charge on any atom is -0.358 e. The normalized spacial score (nSPS) is 13.9. The number of benzene rings is 4. The van der Waals surface area contributed by atoms with Crippen LogP contribution in [0.25, 0.3) is 40.3 Å². The molecule has 0 amide bonds. The number of fused-ring (bicyclic) bond motifs is 5. The van der Waals surface area contributed by atoms with Crippen LogP contribution >= 0.6 is 0 Å². The number of para-hydroxylation sites is 2. The predicted octanol–water partition coefficient (Wildman–Crippen LogP) is 8.75. The summed E-state index contributed by atoms with van der Waals surface area (Å²) in [7, 11) is 0. The summed E-state index contributed by atoms with van der Waals surface area (Å²) in [5, 5.41) is 1.31. The van der Waals surface area contributed by atoms with Crippen LogP contribution in [0.1, 0.15) is 28.8 Å². The van der Waals surface area contributed by atoms with Crippen LogP contribution in [0, 0.1) is 0 Å². The van der Waals surface area contributed by atoms with Gasteiger partial charge in [-0.2, -0.15) is 0 Å². The number of allylic oxidation sites excluding steroid dienone is 1. The summed E-state index contributed by atoms with van der Waals surface area (Å²) in [6, 6.07) is 32.9. The maximum Gasteiger partial charge on any atom is 0.0540 e. The standard InChI is InChI=1S/C32H24N2/c1-2-9-26(10-3-1)34-31-13-7-4-8-22(31)14-15-23-16-17-25(21-32(23)34)24-18-19-30-28(20-24)27-11-5-6-12-29(27)33-30/h1-5,7-11,13-21,33H,6,12H2. The molecule has 34 heavy (non-hydrogen) atoms. The zero-order valence-electron chi connectivity index (χ0n) is 18.8. The third-order valence-corrected chi connectivity index (χ3v) is 7.01. The molecule has 0 saturated heterocycles. The summed E-state index contributed by atoms with van der Waals surface area (Å²) in [5.74, 6) is 0. The zero-order chi connectivity index (χ0) is 22.5. The topological polar surface area (TPSA) is 19.0 Å². The monoisotopic (exact) mass is 436 g/mol. The van der Waals surface area contributed by atoms with Gasteiger partial charge in [0.2, 0.25) is 0 Å². The number of nitrogens with zero attached hydrogens (tertiary/aromatic N) is 1. The van der Waals surface area contributed by atoms with E-state index in [0.717, 1.165) is 18.5 Å². The van der Waals surface area contributed by atoms with Crippen LogP contribution in [0.4, 0.5) is 17.1 Å². The van der Waals surface area contributed by atoms with Crippen LogP contribution in [0.15, 0.2) is 97.1 Å². The van der Waals surface area contributed by atoms with Gasteiger partial charge in [-0.25, -0.2) is 0 Å². The maximum atomic E-state index is 3.62. The summed E-state index contributed by atoms with van der Waals surface area (Å²) in [6.07, 6.45) is 11.2. The summed E-state index contributed by atoms with van der Waals surface area (Å²) in [6.45, 7) is 0. The number of H-pyrrole nitrogens is 1. The molecule has 0 unspecified atom stereocenters. The van der Waals surface area contributed by atoms with E-state index in [1.165, 1.54) is 55.8 Å². The number of hydrogen-bond donors (Lipinski definition) is 1. The van der Waals surface area contributed by atoms with E-state index in [0.29, 0.717) is 0 Å². The second kappa shape index (κ2) is 7.64. The Morgan fingerprint density at radius 2 is 1.41 bits per heavy atom. The van der Waals surface area contributed by atoms with Crippen molar-refractivity contribution in [2.45, 2.75) is 12.8 Å². The van der Waals surface area contributed by atoms with Crippen molar-refractivity contribution in [1.82, 2.24) is 4.98 Å². The Hall–Kier alpha value is -4.30. The fourth-order valence-corrected chi connectivity index (χ4v) is 5.32. The maximum absolute atomic E-state index is 3.62. The van der Waals surface area contributed by atoms with Crippen molar-refractivity contribution in [2.24, 2.45) is 0 Å². The molecular weight excluding hydrogens is 412 g/mol. The average molecular weight is 437 g/mol. The van der Waals surface area contributed by atoms with E-state index >= 15 is 0 Å². The van der Waals surface area contributed by atoms with Crippen LogP contribution in [-0.2, 0) is 6.42 Å². The lowest BCUT2D eigenvalue weighted by Crippen LogP contribution is -2.11. The molecule has 2 heteroatoms. The van der Waals surface area contributed by atoms with Crippen LogP contribution in [0.5, 0.6) is 0 Å². The Morgan fingerprint density at radius 1 is 0.647 bits per heavy atom. The minimum absolute atomic E-state index is 1.09. The molecular formula is C32H24N2. The van der Waals surface area contributed by atoms with Gasteiger partial charge in [-0.1, -0.05) is 78.9 Å². The van der Waals surface area contributed by atoms with Crippen molar-refractivity contribution >= 4 is 46.2 Å². The smallest absolute Gasteiger partial charge is 0.0540 e. The van der Waals surface area contributed by atoms with E-state index in [1.807, 2.05) is 0 Å². The number of rotatable bonds is 2. The molecule has 1 N–H and O–H groups in total. The molecule has 0 fully saturated rings. The third-order valence-electron chi connectivity index (χ3n) is 7.01. The molecule has 1 aromatic heterocycles. The predicted molar refractivity (Wildman–Crippen MR) is 145 cm³/mol. The van der Waals surface area contributed by atoms with Crippen LogP contribution < -0.4 is 4.90 Å². The Labute approximate surface area is 199 Å². The van der Waals surface area contributed by atoms with E-state index in [4.69, 9.17) is 0 Å². The van der Waals surface area contributed by atoms with Crippen molar-refractivity contribution < 1.29 is 0 Å². The van der Waals surface area contributed by atoms with E-state index in [-0.39, 0.29) is 0 Å². The zero-order valence-corrected chi connectivity index (χ0v) is 18.8. The highest BCUT2D eigenvalue weighted by Crippen LogP contribution is 2.43. The third kappa shape index (κ3) is 3.03. The Bertz CT molecular complexity index is 1600. The number of anilines is 3. The first kappa shape index (κ1) is 19.2. The number of aryl methyl sites for hydroxylation is 1. The van der Waals surface area contributed by atoms with Crippen molar-refractivity contribution in [3.8, 4) is 11.1 Å². The first-order chi connectivity index (χ1) is 16.8. The minimum atomic E-state index is 1.09.